The fourth-order valence-electron chi connectivity index (χ4n) is 2.80. The normalized spacial score (nSPS) is 12.0. The zero-order valence-electron chi connectivity index (χ0n) is 16.8. The smallest absolute Gasteiger partial charge is 0.744 e. The third-order valence-electron chi connectivity index (χ3n) is 4.11. The summed E-state index contributed by atoms with van der Waals surface area (Å²) in [5.74, 6) is -1.00. The monoisotopic (exact) mass is 486 g/mol. The summed E-state index contributed by atoms with van der Waals surface area (Å²) in [7, 11) is -8.73. The third-order valence-corrected chi connectivity index (χ3v) is 5.94. The largest absolute Gasteiger partial charge is 1.00 e. The van der Waals surface area contributed by atoms with Crippen molar-refractivity contribution < 1.29 is 60.8 Å². The summed E-state index contributed by atoms with van der Waals surface area (Å²) >= 11 is 0. The van der Waals surface area contributed by atoms with Gasteiger partial charge in [-0.05, 0) is 42.5 Å². The number of benzene rings is 3. The number of rotatable bonds is 5. The first kappa shape index (κ1) is 25.9. The molecule has 0 aliphatic rings. The summed E-state index contributed by atoms with van der Waals surface area (Å²) in [5.41, 5.74) is 0.224. The number of fused-ring (bicyclic) bond motifs is 1. The molecule has 3 rings (SSSR count). The SMILES string of the molecule is CC(=O)Nc1ccc(S(=O)(=O)[O-])c2ccc(N=Nc3ccc(S(N)(=O)=O)cc3)c(O)c12.[Na+]. The van der Waals surface area contributed by atoms with Crippen molar-refractivity contribution in [2.45, 2.75) is 16.7 Å². The number of hydrogen-bond donors (Lipinski definition) is 3. The molecule has 0 aliphatic carbocycles. The first-order chi connectivity index (χ1) is 14.4. The van der Waals surface area contributed by atoms with Crippen molar-refractivity contribution in [1.29, 1.82) is 0 Å². The minimum Gasteiger partial charge on any atom is -0.744 e. The van der Waals surface area contributed by atoms with E-state index < -0.39 is 36.7 Å². The van der Waals surface area contributed by atoms with E-state index in [0.717, 1.165) is 6.07 Å². The fourth-order valence-corrected chi connectivity index (χ4v) is 3.99. The van der Waals surface area contributed by atoms with Crippen LogP contribution in [0.4, 0.5) is 17.1 Å². The number of sulfonamides is 1. The molecule has 0 fully saturated rings. The molecular weight excluding hydrogens is 471 g/mol. The first-order valence-electron chi connectivity index (χ1n) is 8.44. The van der Waals surface area contributed by atoms with Gasteiger partial charge in [-0.3, -0.25) is 4.79 Å². The topological polar surface area (TPSA) is 191 Å². The molecule has 0 aromatic heterocycles. The molecule has 1 amide bonds. The summed E-state index contributed by atoms with van der Waals surface area (Å²) in [6.45, 7) is 1.22. The molecule has 11 nitrogen and oxygen atoms in total. The van der Waals surface area contributed by atoms with Gasteiger partial charge in [-0.2, -0.15) is 5.11 Å². The minimum absolute atomic E-state index is 0. The Morgan fingerprint density at radius 1 is 1.00 bits per heavy atom. The van der Waals surface area contributed by atoms with Crippen molar-refractivity contribution in [3.05, 3.63) is 48.5 Å². The molecule has 3 aromatic rings. The molecule has 0 aliphatic heterocycles. The number of phenols is 1. The van der Waals surface area contributed by atoms with Gasteiger partial charge in [-0.25, -0.2) is 22.0 Å². The Balaban J connectivity index is 0.00000363. The average Bonchev–Trinajstić information content (AvgIpc) is 2.65. The molecule has 14 heteroatoms. The van der Waals surface area contributed by atoms with Crippen LogP contribution in [0.5, 0.6) is 5.75 Å². The minimum atomic E-state index is -4.86. The maximum Gasteiger partial charge on any atom is 1.00 e. The Morgan fingerprint density at radius 2 is 1.62 bits per heavy atom. The van der Waals surface area contributed by atoms with E-state index >= 15 is 0 Å². The van der Waals surface area contributed by atoms with E-state index in [1.807, 2.05) is 0 Å². The number of nitrogens with two attached hydrogens (primary N) is 1. The molecule has 3 aromatic carbocycles. The van der Waals surface area contributed by atoms with Gasteiger partial charge in [0.25, 0.3) is 0 Å². The van der Waals surface area contributed by atoms with E-state index in [0.29, 0.717) is 0 Å². The number of carbonyl (C=O) groups excluding carboxylic acids is 1. The van der Waals surface area contributed by atoms with Crippen molar-refractivity contribution in [3.63, 3.8) is 0 Å². The molecule has 0 atom stereocenters. The number of nitrogens with one attached hydrogen (secondary N) is 1. The summed E-state index contributed by atoms with van der Waals surface area (Å²) in [4.78, 5) is 10.8. The molecule has 32 heavy (non-hydrogen) atoms. The van der Waals surface area contributed by atoms with Crippen LogP contribution in [0.2, 0.25) is 0 Å². The number of phenolic OH excluding ortho intramolecular Hbond substituents is 1. The predicted octanol–water partition coefficient (Wildman–Crippen LogP) is -0.525. The van der Waals surface area contributed by atoms with Crippen molar-refractivity contribution in [2.75, 3.05) is 5.32 Å². The molecule has 0 unspecified atom stereocenters. The maximum absolute atomic E-state index is 11.6. The molecule has 0 saturated heterocycles. The van der Waals surface area contributed by atoms with Crippen molar-refractivity contribution >= 4 is 53.9 Å². The number of hydrogen-bond acceptors (Lipinski definition) is 9. The zero-order chi connectivity index (χ0) is 23.0. The molecule has 0 heterocycles. The van der Waals surface area contributed by atoms with Gasteiger partial charge in [0.05, 0.1) is 26.6 Å². The molecule has 162 valence electrons. The molecule has 0 radical (unpaired) electrons. The quantitative estimate of drug-likeness (QED) is 0.245. The van der Waals surface area contributed by atoms with E-state index in [4.69, 9.17) is 5.14 Å². The number of nitrogens with zero attached hydrogens (tertiary/aromatic N) is 2. The van der Waals surface area contributed by atoms with E-state index in [1.54, 1.807) is 0 Å². The molecule has 0 bridgehead atoms. The van der Waals surface area contributed by atoms with Crippen molar-refractivity contribution in [1.82, 2.24) is 0 Å². The Labute approximate surface area is 205 Å². The van der Waals surface area contributed by atoms with Crippen LogP contribution in [0, 0.1) is 0 Å². The number of amides is 1. The number of aromatic hydroxyl groups is 1. The van der Waals surface area contributed by atoms with Crippen LogP contribution >= 0.6 is 0 Å². The van der Waals surface area contributed by atoms with Crippen LogP contribution < -0.4 is 40.0 Å². The van der Waals surface area contributed by atoms with Crippen LogP contribution in [0.1, 0.15) is 6.92 Å². The Bertz CT molecular complexity index is 1440. The summed E-state index contributed by atoms with van der Waals surface area (Å²) in [6, 6.07) is 9.84. The molecule has 4 N–H and O–H groups in total. The van der Waals surface area contributed by atoms with Crippen molar-refractivity contribution in [2.24, 2.45) is 15.4 Å². The Hall–Kier alpha value is -2.39. The van der Waals surface area contributed by atoms with Crippen LogP contribution in [0.3, 0.4) is 0 Å². The first-order valence-corrected chi connectivity index (χ1v) is 11.4. The summed E-state index contributed by atoms with van der Waals surface area (Å²) < 4.78 is 57.3. The number of primary sulfonamides is 1. The summed E-state index contributed by atoms with van der Waals surface area (Å²) in [5, 5.41) is 25.7. The Morgan fingerprint density at radius 3 is 2.16 bits per heavy atom. The molecule has 0 saturated carbocycles. The second-order valence-electron chi connectivity index (χ2n) is 6.34. The van der Waals surface area contributed by atoms with Crippen molar-refractivity contribution in [3.8, 4) is 5.75 Å². The van der Waals surface area contributed by atoms with Crippen LogP contribution in [-0.2, 0) is 24.9 Å². The van der Waals surface area contributed by atoms with E-state index in [-0.39, 0.29) is 62.3 Å². The van der Waals surface area contributed by atoms with Crippen LogP contribution in [-0.4, -0.2) is 32.4 Å². The van der Waals surface area contributed by atoms with Crippen LogP contribution in [0.25, 0.3) is 10.8 Å². The van der Waals surface area contributed by atoms with Gasteiger partial charge < -0.3 is 15.0 Å². The van der Waals surface area contributed by atoms with Gasteiger partial charge in [0.2, 0.25) is 15.9 Å². The van der Waals surface area contributed by atoms with E-state index in [9.17, 15) is 31.3 Å². The van der Waals surface area contributed by atoms with Gasteiger partial charge in [0.15, 0.2) is 5.75 Å². The van der Waals surface area contributed by atoms with Gasteiger partial charge in [0, 0.05) is 12.3 Å². The van der Waals surface area contributed by atoms with E-state index in [1.165, 1.54) is 49.4 Å². The maximum atomic E-state index is 11.6. The second kappa shape index (κ2) is 9.62. The van der Waals surface area contributed by atoms with Gasteiger partial charge >= 0.3 is 29.6 Å². The standard InChI is InChI=1S/C18H16N4O7S2.Na/c1-10(23)20-14-8-9-16(31(27,28)29)13-6-7-15(18(24)17(13)14)22-21-11-2-4-12(5-3-11)30(19,25)26;/h2-9,24H,1H3,(H,20,23)(H2,19,25,26)(H,27,28,29);/q;+1/p-1. The van der Waals surface area contributed by atoms with E-state index in [2.05, 4.69) is 15.5 Å². The van der Waals surface area contributed by atoms with Gasteiger partial charge in [0.1, 0.15) is 15.8 Å². The van der Waals surface area contributed by atoms with Crippen LogP contribution in [0.15, 0.2) is 68.6 Å². The Kier molecular flexibility index (Phi) is 7.78. The zero-order valence-corrected chi connectivity index (χ0v) is 20.4. The van der Waals surface area contributed by atoms with Gasteiger partial charge in [-0.15, -0.1) is 5.11 Å². The number of azo groups is 1. The summed E-state index contributed by atoms with van der Waals surface area (Å²) in [6.07, 6.45) is 0. The second-order valence-corrected chi connectivity index (χ2v) is 9.25. The fraction of sp³-hybridized carbons (Fsp3) is 0.0556. The predicted molar refractivity (Wildman–Crippen MR) is 110 cm³/mol. The molecular formula is C18H15N4NaO7S2. The number of carbonyl (C=O) groups is 1. The van der Waals surface area contributed by atoms with Gasteiger partial charge in [-0.1, -0.05) is 6.07 Å². The average molecular weight is 486 g/mol. The molecule has 0 spiro atoms. The third kappa shape index (κ3) is 5.69. The number of anilines is 1.